The van der Waals surface area contributed by atoms with Crippen LogP contribution in [0.1, 0.15) is 40.0 Å². The number of nitrogens with one attached hydrogen (secondary N) is 1. The molecule has 5 aromatic rings. The Balaban J connectivity index is 1.59. The van der Waals surface area contributed by atoms with Crippen molar-refractivity contribution in [1.29, 1.82) is 0 Å². The molecule has 1 N–H and O–H groups in total. The summed E-state index contributed by atoms with van der Waals surface area (Å²) >= 11 is 0. The van der Waals surface area contributed by atoms with E-state index in [0.717, 1.165) is 65.3 Å². The molecule has 0 spiro atoms. The van der Waals surface area contributed by atoms with E-state index in [1.165, 1.54) is 16.7 Å². The van der Waals surface area contributed by atoms with Gasteiger partial charge in [-0.15, -0.1) is 0 Å². The zero-order valence-corrected chi connectivity index (χ0v) is 21.5. The first kappa shape index (κ1) is 23.2. The number of carbonyl (C=O) groups is 1. The smallest absolute Gasteiger partial charge is 0.273 e. The van der Waals surface area contributed by atoms with Gasteiger partial charge in [0.2, 0.25) is 0 Å². The van der Waals surface area contributed by atoms with Crippen LogP contribution in [0.3, 0.4) is 0 Å². The Kier molecular flexibility index (Phi) is 5.84. The van der Waals surface area contributed by atoms with Crippen molar-refractivity contribution in [1.82, 2.24) is 8.97 Å². The minimum Gasteiger partial charge on any atom is -0.497 e. The first-order chi connectivity index (χ1) is 18.0. The van der Waals surface area contributed by atoms with Crippen LogP contribution < -0.4 is 10.1 Å². The van der Waals surface area contributed by atoms with Crippen LogP contribution in [0.15, 0.2) is 79.0 Å². The van der Waals surface area contributed by atoms with Gasteiger partial charge in [0.15, 0.2) is 0 Å². The summed E-state index contributed by atoms with van der Waals surface area (Å²) in [4.78, 5) is 14.0. The van der Waals surface area contributed by atoms with Crippen LogP contribution in [0, 0.1) is 13.8 Å². The number of imidazole rings is 1. The molecule has 0 unspecified atom stereocenters. The van der Waals surface area contributed by atoms with Crippen molar-refractivity contribution in [3.63, 3.8) is 0 Å². The molecule has 5 heteroatoms. The molecule has 0 aliphatic carbocycles. The maximum Gasteiger partial charge on any atom is 0.273 e. The van der Waals surface area contributed by atoms with Crippen LogP contribution in [0.25, 0.3) is 28.0 Å². The Morgan fingerprint density at radius 1 is 0.892 bits per heavy atom. The van der Waals surface area contributed by atoms with E-state index >= 15 is 0 Å². The van der Waals surface area contributed by atoms with Gasteiger partial charge in [-0.05, 0) is 79.6 Å². The summed E-state index contributed by atoms with van der Waals surface area (Å²) in [6.07, 6.45) is 5.29. The second kappa shape index (κ2) is 9.32. The minimum absolute atomic E-state index is 0.114. The van der Waals surface area contributed by atoms with Gasteiger partial charge in [-0.2, -0.15) is 0 Å². The molecule has 0 atom stereocenters. The third kappa shape index (κ3) is 4.01. The monoisotopic (exact) mass is 489 g/mol. The van der Waals surface area contributed by atoms with Gasteiger partial charge in [-0.25, -0.2) is 0 Å². The molecular formula is C32H31N3O2. The Bertz CT molecular complexity index is 1610. The normalized spacial score (nSPS) is 12.9. The van der Waals surface area contributed by atoms with E-state index in [2.05, 4.69) is 76.8 Å². The summed E-state index contributed by atoms with van der Waals surface area (Å²) < 4.78 is 9.83. The molecule has 1 aliphatic rings. The number of aryl methyl sites for hydroxylation is 4. The van der Waals surface area contributed by atoms with Gasteiger partial charge in [-0.3, -0.25) is 9.20 Å². The summed E-state index contributed by atoms with van der Waals surface area (Å²) in [5.74, 6) is 0.643. The summed E-state index contributed by atoms with van der Waals surface area (Å²) in [7, 11) is 1.64. The topological polar surface area (TPSA) is 47.7 Å². The first-order valence-corrected chi connectivity index (χ1v) is 12.9. The molecule has 37 heavy (non-hydrogen) atoms. The first-order valence-electron chi connectivity index (χ1n) is 12.9. The molecule has 186 valence electrons. The van der Waals surface area contributed by atoms with E-state index in [4.69, 9.17) is 4.74 Å². The Morgan fingerprint density at radius 3 is 2.41 bits per heavy atom. The summed E-state index contributed by atoms with van der Waals surface area (Å²) in [6.45, 7) is 5.20. The highest BCUT2D eigenvalue weighted by atomic mass is 16.5. The fraction of sp³-hybridized carbons (Fsp3) is 0.219. The SMILES string of the molecule is COc1ccc(NC(=O)c2c(-c3ccc(C)c(C)c3)c3c4n(c(-c5ccccc5)cn24)CCCC3)cc1. The van der Waals surface area contributed by atoms with Gasteiger partial charge in [-0.1, -0.05) is 48.5 Å². The van der Waals surface area contributed by atoms with E-state index in [1.54, 1.807) is 7.11 Å². The number of carbonyl (C=O) groups excluding carboxylic acids is 1. The average molecular weight is 490 g/mol. The van der Waals surface area contributed by atoms with E-state index in [1.807, 2.05) is 30.3 Å². The Morgan fingerprint density at radius 2 is 1.68 bits per heavy atom. The predicted octanol–water partition coefficient (Wildman–Crippen LogP) is 7.29. The number of anilines is 1. The largest absolute Gasteiger partial charge is 0.497 e. The summed E-state index contributed by atoms with van der Waals surface area (Å²) in [5, 5.41) is 3.16. The van der Waals surface area contributed by atoms with Gasteiger partial charge < -0.3 is 14.6 Å². The van der Waals surface area contributed by atoms with Gasteiger partial charge in [0.25, 0.3) is 5.91 Å². The van der Waals surface area contributed by atoms with Gasteiger partial charge in [0.1, 0.15) is 17.1 Å². The number of amides is 1. The maximum atomic E-state index is 14.0. The molecule has 3 heterocycles. The second-order valence-corrected chi connectivity index (χ2v) is 9.87. The lowest BCUT2D eigenvalue weighted by Crippen LogP contribution is -2.15. The number of rotatable bonds is 5. The molecule has 0 saturated carbocycles. The van der Waals surface area contributed by atoms with Gasteiger partial charge in [0, 0.05) is 29.6 Å². The molecule has 3 aromatic carbocycles. The standard InChI is InChI=1S/C32H31N3O2/c1-21-12-13-24(19-22(21)2)29-27-11-7-8-18-34-28(23-9-5-4-6-10-23)20-35(32(27)34)30(29)31(36)33-25-14-16-26(37-3)17-15-25/h4-6,9-10,12-17,19-20H,7-8,11,18H2,1-3H3,(H,33,36). The molecule has 5 nitrogen and oxygen atoms in total. The van der Waals surface area contributed by atoms with Crippen LogP contribution >= 0.6 is 0 Å². The molecule has 2 aromatic heterocycles. The quantitative estimate of drug-likeness (QED) is 0.282. The van der Waals surface area contributed by atoms with Crippen molar-refractivity contribution < 1.29 is 9.53 Å². The highest BCUT2D eigenvalue weighted by Gasteiger charge is 2.29. The van der Waals surface area contributed by atoms with Crippen molar-refractivity contribution >= 4 is 17.2 Å². The second-order valence-electron chi connectivity index (χ2n) is 9.87. The van der Waals surface area contributed by atoms with Crippen molar-refractivity contribution in [2.75, 3.05) is 12.4 Å². The van der Waals surface area contributed by atoms with E-state index < -0.39 is 0 Å². The highest BCUT2D eigenvalue weighted by molar-refractivity contribution is 6.10. The minimum atomic E-state index is -0.114. The van der Waals surface area contributed by atoms with E-state index in [0.29, 0.717) is 5.69 Å². The Hall–Kier alpha value is -4.25. The average Bonchev–Trinajstić information content (AvgIpc) is 3.34. The molecule has 0 fully saturated rings. The zero-order chi connectivity index (χ0) is 25.5. The lowest BCUT2D eigenvalue weighted by Gasteiger charge is -2.12. The summed E-state index contributed by atoms with van der Waals surface area (Å²) in [6, 6.07) is 24.5. The number of benzene rings is 3. The maximum absolute atomic E-state index is 14.0. The van der Waals surface area contributed by atoms with Gasteiger partial charge >= 0.3 is 0 Å². The third-order valence-electron chi connectivity index (χ3n) is 7.56. The van der Waals surface area contributed by atoms with Gasteiger partial charge in [0.05, 0.1) is 12.8 Å². The molecule has 6 rings (SSSR count). The zero-order valence-electron chi connectivity index (χ0n) is 21.5. The van der Waals surface area contributed by atoms with Crippen molar-refractivity contribution in [3.8, 4) is 28.1 Å². The summed E-state index contributed by atoms with van der Waals surface area (Å²) in [5.41, 5.74) is 10.7. The number of hydrogen-bond acceptors (Lipinski definition) is 2. The number of aromatic nitrogens is 2. The molecule has 0 saturated heterocycles. The van der Waals surface area contributed by atoms with Crippen molar-refractivity contribution in [3.05, 3.63) is 101 Å². The predicted molar refractivity (Wildman–Crippen MR) is 150 cm³/mol. The molecule has 0 radical (unpaired) electrons. The lowest BCUT2D eigenvalue weighted by molar-refractivity contribution is 0.102. The van der Waals surface area contributed by atoms with Crippen LogP contribution in [0.5, 0.6) is 5.75 Å². The number of methoxy groups -OCH3 is 1. The molecular weight excluding hydrogens is 458 g/mol. The molecule has 1 amide bonds. The van der Waals surface area contributed by atoms with Crippen LogP contribution in [-0.2, 0) is 13.0 Å². The van der Waals surface area contributed by atoms with Crippen molar-refractivity contribution in [2.45, 2.75) is 39.7 Å². The Labute approximate surface area is 217 Å². The van der Waals surface area contributed by atoms with Crippen LogP contribution in [0.2, 0.25) is 0 Å². The number of hydrogen-bond donors (Lipinski definition) is 1. The van der Waals surface area contributed by atoms with E-state index in [9.17, 15) is 4.79 Å². The molecule has 1 aliphatic heterocycles. The highest BCUT2D eigenvalue weighted by Crippen LogP contribution is 2.40. The van der Waals surface area contributed by atoms with E-state index in [-0.39, 0.29) is 5.91 Å². The fourth-order valence-corrected chi connectivity index (χ4v) is 5.52. The number of nitrogens with zero attached hydrogens (tertiary/aromatic N) is 2. The van der Waals surface area contributed by atoms with Crippen LogP contribution in [0.4, 0.5) is 5.69 Å². The molecule has 0 bridgehead atoms. The fourth-order valence-electron chi connectivity index (χ4n) is 5.52. The van der Waals surface area contributed by atoms with Crippen LogP contribution in [-0.4, -0.2) is 22.0 Å². The van der Waals surface area contributed by atoms with Crippen molar-refractivity contribution in [2.24, 2.45) is 0 Å². The third-order valence-corrected chi connectivity index (χ3v) is 7.56. The lowest BCUT2D eigenvalue weighted by atomic mass is 9.95. The number of ether oxygens (including phenoxy) is 1.